The average Bonchev–Trinajstić information content (AvgIpc) is 2.60. The lowest BCUT2D eigenvalue weighted by Gasteiger charge is -2.14. The van der Waals surface area contributed by atoms with Crippen LogP contribution in [0.15, 0.2) is 30.3 Å². The number of methoxy groups -OCH3 is 2. The number of ether oxygens (including phenoxy) is 3. The molecular weight excluding hydrogens is 355 g/mol. The number of esters is 1. The predicted octanol–water partition coefficient (Wildman–Crippen LogP) is 4.18. The van der Waals surface area contributed by atoms with Gasteiger partial charge in [-0.15, -0.1) is 0 Å². The molecule has 0 aliphatic carbocycles. The monoisotopic (exact) mass is 368 g/mol. The molecule has 0 aromatic heterocycles. The van der Waals surface area contributed by atoms with Crippen molar-refractivity contribution in [1.29, 1.82) is 0 Å². The van der Waals surface area contributed by atoms with E-state index in [1.807, 2.05) is 0 Å². The summed E-state index contributed by atoms with van der Waals surface area (Å²) in [5.41, 5.74) is 0.811. The molecule has 0 aliphatic rings. The molecule has 0 radical (unpaired) electrons. The SMILES string of the molecule is COc1ccc(C=O)c(C(=O)OCc2ccc(Cl)c(Cl)c2)c1OC. The van der Waals surface area contributed by atoms with Crippen molar-refractivity contribution in [2.24, 2.45) is 0 Å². The van der Waals surface area contributed by atoms with Crippen molar-refractivity contribution in [2.45, 2.75) is 6.61 Å². The Morgan fingerprint density at radius 2 is 1.83 bits per heavy atom. The molecule has 126 valence electrons. The molecule has 0 saturated heterocycles. The highest BCUT2D eigenvalue weighted by Crippen LogP contribution is 2.33. The van der Waals surface area contributed by atoms with Crippen molar-refractivity contribution < 1.29 is 23.8 Å². The van der Waals surface area contributed by atoms with Gasteiger partial charge < -0.3 is 14.2 Å². The van der Waals surface area contributed by atoms with Crippen molar-refractivity contribution in [3.05, 3.63) is 57.1 Å². The molecule has 0 bridgehead atoms. The number of hydrogen-bond donors (Lipinski definition) is 0. The third-order valence-electron chi connectivity index (χ3n) is 3.26. The van der Waals surface area contributed by atoms with Crippen LogP contribution in [0.4, 0.5) is 0 Å². The predicted molar refractivity (Wildman–Crippen MR) is 90.5 cm³/mol. The number of benzene rings is 2. The fourth-order valence-corrected chi connectivity index (χ4v) is 2.42. The molecular formula is C17H14Cl2O5. The van der Waals surface area contributed by atoms with Gasteiger partial charge in [-0.1, -0.05) is 29.3 Å². The molecule has 0 amide bonds. The number of carbonyl (C=O) groups is 2. The lowest BCUT2D eigenvalue weighted by atomic mass is 10.1. The number of halogens is 2. The summed E-state index contributed by atoms with van der Waals surface area (Å²) in [5.74, 6) is -0.246. The van der Waals surface area contributed by atoms with Gasteiger partial charge in [0.25, 0.3) is 0 Å². The third kappa shape index (κ3) is 3.80. The van der Waals surface area contributed by atoms with Gasteiger partial charge in [0, 0.05) is 5.56 Å². The molecule has 0 fully saturated rings. The summed E-state index contributed by atoms with van der Waals surface area (Å²) in [4.78, 5) is 23.6. The maximum Gasteiger partial charge on any atom is 0.343 e. The first kappa shape index (κ1) is 18.1. The van der Waals surface area contributed by atoms with Crippen LogP contribution < -0.4 is 9.47 Å². The van der Waals surface area contributed by atoms with E-state index < -0.39 is 5.97 Å². The second kappa shape index (κ2) is 8.04. The van der Waals surface area contributed by atoms with E-state index in [1.54, 1.807) is 18.2 Å². The summed E-state index contributed by atoms with van der Waals surface area (Å²) in [6.45, 7) is -0.0333. The van der Waals surface area contributed by atoms with Crippen molar-refractivity contribution in [2.75, 3.05) is 14.2 Å². The van der Waals surface area contributed by atoms with Gasteiger partial charge in [0.05, 0.1) is 24.3 Å². The highest BCUT2D eigenvalue weighted by atomic mass is 35.5. The Morgan fingerprint density at radius 3 is 2.42 bits per heavy atom. The first-order valence-corrected chi connectivity index (χ1v) is 7.58. The van der Waals surface area contributed by atoms with Gasteiger partial charge in [-0.05, 0) is 29.8 Å². The maximum atomic E-state index is 12.4. The Hall–Kier alpha value is -2.24. The summed E-state index contributed by atoms with van der Waals surface area (Å²) < 4.78 is 15.6. The molecule has 2 aromatic rings. The van der Waals surface area contributed by atoms with Crippen LogP contribution in [0.25, 0.3) is 0 Å². The zero-order valence-corrected chi connectivity index (χ0v) is 14.5. The maximum absolute atomic E-state index is 12.4. The lowest BCUT2D eigenvalue weighted by molar-refractivity contribution is 0.0466. The van der Waals surface area contributed by atoms with Crippen molar-refractivity contribution in [3.8, 4) is 11.5 Å². The molecule has 0 heterocycles. The standard InChI is InChI=1S/C17H14Cl2O5/c1-22-14-6-4-11(8-20)15(16(14)23-2)17(21)24-9-10-3-5-12(18)13(19)7-10/h3-8H,9H2,1-2H3. The Bertz CT molecular complexity index is 774. The van der Waals surface area contributed by atoms with E-state index in [9.17, 15) is 9.59 Å². The lowest BCUT2D eigenvalue weighted by Crippen LogP contribution is -2.11. The van der Waals surface area contributed by atoms with E-state index in [2.05, 4.69) is 0 Å². The molecule has 2 rings (SSSR count). The fourth-order valence-electron chi connectivity index (χ4n) is 2.10. The van der Waals surface area contributed by atoms with Crippen molar-refractivity contribution in [1.82, 2.24) is 0 Å². The van der Waals surface area contributed by atoms with E-state index in [0.29, 0.717) is 27.6 Å². The Balaban J connectivity index is 2.28. The molecule has 0 unspecified atom stereocenters. The van der Waals surface area contributed by atoms with Gasteiger partial charge in [0.1, 0.15) is 12.2 Å². The van der Waals surface area contributed by atoms with Gasteiger partial charge in [-0.2, -0.15) is 0 Å². The zero-order chi connectivity index (χ0) is 17.7. The largest absolute Gasteiger partial charge is 0.493 e. The summed E-state index contributed by atoms with van der Waals surface area (Å²) >= 11 is 11.8. The van der Waals surface area contributed by atoms with E-state index in [4.69, 9.17) is 37.4 Å². The molecule has 0 atom stereocenters. The third-order valence-corrected chi connectivity index (χ3v) is 4.00. The minimum absolute atomic E-state index is 0.00640. The highest BCUT2D eigenvalue weighted by Gasteiger charge is 2.22. The number of rotatable bonds is 6. The molecule has 5 nitrogen and oxygen atoms in total. The minimum atomic E-state index is -0.709. The van der Waals surface area contributed by atoms with Crippen LogP contribution in [-0.2, 0) is 11.3 Å². The van der Waals surface area contributed by atoms with Gasteiger partial charge in [-0.25, -0.2) is 4.79 Å². The second-order valence-corrected chi connectivity index (χ2v) is 5.52. The number of hydrogen-bond acceptors (Lipinski definition) is 5. The van der Waals surface area contributed by atoms with Gasteiger partial charge in [-0.3, -0.25) is 4.79 Å². The summed E-state index contributed by atoms with van der Waals surface area (Å²) in [6.07, 6.45) is 0.553. The van der Waals surface area contributed by atoms with E-state index in [0.717, 1.165) is 0 Å². The number of carbonyl (C=O) groups excluding carboxylic acids is 2. The molecule has 0 aliphatic heterocycles. The van der Waals surface area contributed by atoms with Crippen molar-refractivity contribution >= 4 is 35.5 Å². The van der Waals surface area contributed by atoms with Crippen LogP contribution in [0.1, 0.15) is 26.3 Å². The quantitative estimate of drug-likeness (QED) is 0.565. The van der Waals surface area contributed by atoms with E-state index >= 15 is 0 Å². The first-order valence-electron chi connectivity index (χ1n) is 6.83. The van der Waals surface area contributed by atoms with Crippen LogP contribution in [0, 0.1) is 0 Å². The fraction of sp³-hybridized carbons (Fsp3) is 0.176. The summed E-state index contributed by atoms with van der Waals surface area (Å²) in [6, 6.07) is 7.89. The molecule has 0 saturated carbocycles. The highest BCUT2D eigenvalue weighted by molar-refractivity contribution is 6.42. The molecule has 7 heteroatoms. The normalized spacial score (nSPS) is 10.2. The molecule has 24 heavy (non-hydrogen) atoms. The molecule has 0 spiro atoms. The Labute approximate surface area is 149 Å². The first-order chi connectivity index (χ1) is 11.5. The Morgan fingerprint density at radius 1 is 1.08 bits per heavy atom. The van der Waals surface area contributed by atoms with Crippen LogP contribution in [-0.4, -0.2) is 26.5 Å². The smallest absolute Gasteiger partial charge is 0.343 e. The Kier molecular flexibility index (Phi) is 6.06. The average molecular weight is 369 g/mol. The van der Waals surface area contributed by atoms with Gasteiger partial charge >= 0.3 is 5.97 Å². The molecule has 0 N–H and O–H groups in total. The summed E-state index contributed by atoms with van der Waals surface area (Å²) in [7, 11) is 2.81. The van der Waals surface area contributed by atoms with Crippen LogP contribution in [0.2, 0.25) is 10.0 Å². The zero-order valence-electron chi connectivity index (χ0n) is 13.0. The topological polar surface area (TPSA) is 61.8 Å². The number of aldehydes is 1. The van der Waals surface area contributed by atoms with Gasteiger partial charge in [0.15, 0.2) is 17.8 Å². The van der Waals surface area contributed by atoms with E-state index in [1.165, 1.54) is 26.4 Å². The van der Waals surface area contributed by atoms with Crippen LogP contribution >= 0.6 is 23.2 Å². The van der Waals surface area contributed by atoms with Crippen LogP contribution in [0.5, 0.6) is 11.5 Å². The van der Waals surface area contributed by atoms with E-state index in [-0.39, 0.29) is 23.5 Å². The second-order valence-electron chi connectivity index (χ2n) is 4.71. The van der Waals surface area contributed by atoms with Crippen LogP contribution in [0.3, 0.4) is 0 Å². The molecule has 2 aromatic carbocycles. The van der Waals surface area contributed by atoms with Gasteiger partial charge in [0.2, 0.25) is 0 Å². The summed E-state index contributed by atoms with van der Waals surface area (Å²) in [5, 5.41) is 0.766. The van der Waals surface area contributed by atoms with Crippen molar-refractivity contribution in [3.63, 3.8) is 0 Å². The minimum Gasteiger partial charge on any atom is -0.493 e.